The highest BCUT2D eigenvalue weighted by molar-refractivity contribution is 6.33. The van der Waals surface area contributed by atoms with Crippen molar-refractivity contribution in [1.29, 1.82) is 0 Å². The molecule has 0 radical (unpaired) electrons. The Morgan fingerprint density at radius 3 is 2.55 bits per heavy atom. The maximum Gasteiger partial charge on any atom is 0.352 e. The number of methoxy groups -OCH3 is 2. The lowest BCUT2D eigenvalue weighted by Gasteiger charge is -2.13. The van der Waals surface area contributed by atoms with Crippen LogP contribution < -0.4 is 26.0 Å². The second-order valence-corrected chi connectivity index (χ2v) is 6.82. The Morgan fingerprint density at radius 1 is 1.16 bits per heavy atom. The molecule has 1 heterocycles. The summed E-state index contributed by atoms with van der Waals surface area (Å²) in [6.45, 7) is 1.13. The zero-order chi connectivity index (χ0) is 22.7. The normalized spacial score (nSPS) is 10.6. The van der Waals surface area contributed by atoms with E-state index in [1.165, 1.54) is 57.5 Å². The first-order valence-corrected chi connectivity index (χ1v) is 9.31. The third-order valence-electron chi connectivity index (χ3n) is 4.29. The molecule has 11 heteroatoms. The fraction of sp³-hybridized carbons (Fsp3) is 0.200. The van der Waals surface area contributed by atoms with E-state index in [1.807, 2.05) is 0 Å². The zero-order valence-electron chi connectivity index (χ0n) is 16.8. The van der Waals surface area contributed by atoms with Crippen LogP contribution in [0.5, 0.6) is 11.6 Å². The molecular weight excluding hydrogens is 431 g/mol. The maximum absolute atomic E-state index is 13.7. The predicted molar refractivity (Wildman–Crippen MR) is 112 cm³/mol. The number of nitrogens with one attached hydrogen (secondary N) is 1. The molecule has 0 spiro atoms. The summed E-state index contributed by atoms with van der Waals surface area (Å²) in [5.41, 5.74) is -0.581. The van der Waals surface area contributed by atoms with Gasteiger partial charge in [0, 0.05) is 6.92 Å². The third-order valence-corrected chi connectivity index (χ3v) is 4.62. The van der Waals surface area contributed by atoms with Crippen molar-refractivity contribution < 1.29 is 18.7 Å². The number of carbonyl (C=O) groups excluding carboxylic acids is 1. The molecule has 1 amide bonds. The number of rotatable bonds is 6. The average Bonchev–Trinajstić information content (AvgIpc) is 2.74. The summed E-state index contributed by atoms with van der Waals surface area (Å²) < 4.78 is 25.5. The van der Waals surface area contributed by atoms with E-state index in [4.69, 9.17) is 21.1 Å². The van der Waals surface area contributed by atoms with Gasteiger partial charge in [-0.25, -0.2) is 13.8 Å². The first-order chi connectivity index (χ1) is 14.7. The van der Waals surface area contributed by atoms with Gasteiger partial charge in [-0.05, 0) is 35.9 Å². The molecule has 2 aromatic carbocycles. The van der Waals surface area contributed by atoms with E-state index >= 15 is 0 Å². The van der Waals surface area contributed by atoms with Crippen LogP contribution >= 0.6 is 11.6 Å². The van der Waals surface area contributed by atoms with Crippen LogP contribution in [0, 0.1) is 5.82 Å². The molecule has 162 valence electrons. The lowest BCUT2D eigenvalue weighted by molar-refractivity contribution is -0.114. The summed E-state index contributed by atoms with van der Waals surface area (Å²) in [7, 11) is 2.55. The Balaban J connectivity index is 2.15. The van der Waals surface area contributed by atoms with Crippen molar-refractivity contribution in [3.05, 3.63) is 73.6 Å². The molecule has 0 saturated carbocycles. The topological polar surface area (TPSA) is 104 Å². The van der Waals surface area contributed by atoms with Crippen LogP contribution in [-0.2, 0) is 11.3 Å². The van der Waals surface area contributed by atoms with Gasteiger partial charge in [-0.1, -0.05) is 17.7 Å². The number of aromatic nitrogens is 3. The van der Waals surface area contributed by atoms with E-state index in [-0.39, 0.29) is 40.5 Å². The molecule has 0 aliphatic carbocycles. The Labute approximate surface area is 180 Å². The van der Waals surface area contributed by atoms with E-state index in [0.29, 0.717) is 5.56 Å². The van der Waals surface area contributed by atoms with Crippen molar-refractivity contribution in [2.45, 2.75) is 13.5 Å². The first kappa shape index (κ1) is 22.0. The minimum Gasteiger partial charge on any atom is -0.494 e. The van der Waals surface area contributed by atoms with Gasteiger partial charge in [-0.15, -0.1) is 5.10 Å². The van der Waals surface area contributed by atoms with Gasteiger partial charge >= 0.3 is 11.2 Å². The molecule has 0 unspecified atom stereocenters. The van der Waals surface area contributed by atoms with Gasteiger partial charge in [0.1, 0.15) is 0 Å². The first-order valence-electron chi connectivity index (χ1n) is 8.93. The molecule has 31 heavy (non-hydrogen) atoms. The van der Waals surface area contributed by atoms with Crippen molar-refractivity contribution in [1.82, 2.24) is 14.3 Å². The van der Waals surface area contributed by atoms with Gasteiger partial charge in [0.2, 0.25) is 5.91 Å². The molecule has 0 fully saturated rings. The van der Waals surface area contributed by atoms with Gasteiger partial charge in [-0.3, -0.25) is 9.59 Å². The number of anilines is 1. The average molecular weight is 449 g/mol. The number of halogens is 2. The van der Waals surface area contributed by atoms with Crippen LogP contribution in [0.4, 0.5) is 10.1 Å². The van der Waals surface area contributed by atoms with Gasteiger partial charge in [0.05, 0.1) is 37.2 Å². The van der Waals surface area contributed by atoms with Crippen molar-refractivity contribution in [2.24, 2.45) is 0 Å². The lowest BCUT2D eigenvalue weighted by atomic mass is 10.2. The van der Waals surface area contributed by atoms with Crippen molar-refractivity contribution >= 4 is 23.2 Å². The minimum atomic E-state index is -0.773. The van der Waals surface area contributed by atoms with Crippen molar-refractivity contribution in [3.8, 4) is 17.3 Å². The summed E-state index contributed by atoms with van der Waals surface area (Å²) in [5.74, 6) is -1.28. The maximum atomic E-state index is 13.7. The van der Waals surface area contributed by atoms with Crippen LogP contribution in [0.25, 0.3) is 5.69 Å². The van der Waals surface area contributed by atoms with E-state index in [0.717, 1.165) is 9.25 Å². The minimum absolute atomic E-state index is 0.0236. The number of hydrogen-bond acceptors (Lipinski definition) is 6. The third kappa shape index (κ3) is 4.58. The van der Waals surface area contributed by atoms with Crippen LogP contribution in [0.2, 0.25) is 5.02 Å². The molecule has 3 rings (SSSR count). The monoisotopic (exact) mass is 448 g/mol. The summed E-state index contributed by atoms with van der Waals surface area (Å²) in [5, 5.41) is 6.78. The Bertz CT molecular complexity index is 1270. The second-order valence-electron chi connectivity index (χ2n) is 6.41. The Kier molecular flexibility index (Phi) is 6.40. The second kappa shape index (κ2) is 9.00. The van der Waals surface area contributed by atoms with E-state index < -0.39 is 17.1 Å². The Hall–Kier alpha value is -3.66. The zero-order valence-corrected chi connectivity index (χ0v) is 17.6. The molecule has 0 aliphatic rings. The number of benzene rings is 2. The highest BCUT2D eigenvalue weighted by Crippen LogP contribution is 2.24. The number of amides is 1. The summed E-state index contributed by atoms with van der Waals surface area (Å²) in [6, 6.07) is 8.40. The quantitative estimate of drug-likeness (QED) is 0.620. The van der Waals surface area contributed by atoms with Crippen LogP contribution in [-0.4, -0.2) is 34.5 Å². The molecule has 1 N–H and O–H groups in total. The molecule has 3 aromatic rings. The molecular formula is C20H18ClFN4O5. The van der Waals surface area contributed by atoms with Crippen molar-refractivity contribution in [3.63, 3.8) is 0 Å². The molecule has 1 aromatic heterocycles. The predicted octanol–water partition coefficient (Wildman–Crippen LogP) is 2.21. The van der Waals surface area contributed by atoms with Crippen molar-refractivity contribution in [2.75, 3.05) is 19.5 Å². The van der Waals surface area contributed by atoms with Crippen LogP contribution in [0.1, 0.15) is 12.5 Å². The van der Waals surface area contributed by atoms with Crippen LogP contribution in [0.3, 0.4) is 0 Å². The SMILES string of the molecule is COc1cc(Cn2c(=O)c(OC)nn(-c3ccc(Cl)c(NC(C)=O)c3)c2=O)ccc1F. The number of carbonyl (C=O) groups is 1. The van der Waals surface area contributed by atoms with Crippen LogP contribution in [0.15, 0.2) is 46.0 Å². The fourth-order valence-corrected chi connectivity index (χ4v) is 3.01. The van der Waals surface area contributed by atoms with Gasteiger partial charge < -0.3 is 14.8 Å². The number of hydrogen-bond donors (Lipinski definition) is 1. The van der Waals surface area contributed by atoms with Gasteiger partial charge in [-0.2, -0.15) is 4.68 Å². The van der Waals surface area contributed by atoms with E-state index in [9.17, 15) is 18.8 Å². The fourth-order valence-electron chi connectivity index (χ4n) is 2.84. The summed E-state index contributed by atoms with van der Waals surface area (Å²) in [4.78, 5) is 37.2. The molecule has 0 atom stereocenters. The smallest absolute Gasteiger partial charge is 0.352 e. The van der Waals surface area contributed by atoms with E-state index in [1.54, 1.807) is 0 Å². The molecule has 0 aliphatic heterocycles. The number of nitrogens with zero attached hydrogens (tertiary/aromatic N) is 3. The van der Waals surface area contributed by atoms with Gasteiger partial charge in [0.15, 0.2) is 11.6 Å². The van der Waals surface area contributed by atoms with Gasteiger partial charge in [0.25, 0.3) is 5.88 Å². The largest absolute Gasteiger partial charge is 0.494 e. The number of ether oxygens (including phenoxy) is 2. The highest BCUT2D eigenvalue weighted by Gasteiger charge is 2.17. The summed E-state index contributed by atoms with van der Waals surface area (Å²) in [6.07, 6.45) is 0. The molecule has 9 nitrogen and oxygen atoms in total. The van der Waals surface area contributed by atoms with E-state index in [2.05, 4.69) is 10.4 Å². The standard InChI is InChI=1S/C20H18ClFN4O5/c1-11(27)23-16-9-13(5-6-14(16)21)26-20(29)25(19(28)18(24-26)31-3)10-12-4-7-15(22)17(8-12)30-2/h4-9H,10H2,1-3H3,(H,23,27). The molecule has 0 bridgehead atoms. The highest BCUT2D eigenvalue weighted by atomic mass is 35.5. The lowest BCUT2D eigenvalue weighted by Crippen LogP contribution is -2.41. The Morgan fingerprint density at radius 2 is 1.90 bits per heavy atom. The molecule has 0 saturated heterocycles. The summed E-state index contributed by atoms with van der Waals surface area (Å²) >= 11 is 6.09.